The topological polar surface area (TPSA) is 57.7 Å². The fourth-order valence-electron chi connectivity index (χ4n) is 3.52. The van der Waals surface area contributed by atoms with Crippen LogP contribution in [0.25, 0.3) is 0 Å². The fraction of sp³-hybridized carbons (Fsp3) is 0.588. The Balaban J connectivity index is 1.68. The average molecular weight is 405 g/mol. The van der Waals surface area contributed by atoms with Crippen molar-refractivity contribution in [2.45, 2.75) is 31.4 Å². The van der Waals surface area contributed by atoms with Gasteiger partial charge in [0.1, 0.15) is 0 Å². The van der Waals surface area contributed by atoms with Crippen LogP contribution in [0.2, 0.25) is 10.0 Å². The molecule has 1 aromatic rings. The summed E-state index contributed by atoms with van der Waals surface area (Å²) >= 11 is 11.9. The minimum atomic E-state index is -3.50. The number of nitrogens with zero attached hydrogens (tertiary/aromatic N) is 2. The van der Waals surface area contributed by atoms with Gasteiger partial charge in [0.15, 0.2) is 0 Å². The second-order valence-electron chi connectivity index (χ2n) is 6.73. The summed E-state index contributed by atoms with van der Waals surface area (Å²) in [4.78, 5) is 14.5. The highest BCUT2D eigenvalue weighted by atomic mass is 35.5. The molecule has 2 aliphatic rings. The van der Waals surface area contributed by atoms with Crippen molar-refractivity contribution in [1.82, 2.24) is 9.21 Å². The first-order valence-electron chi connectivity index (χ1n) is 8.57. The summed E-state index contributed by atoms with van der Waals surface area (Å²) in [5.41, 5.74) is 0.599. The standard InChI is InChI=1S/C17H22Cl2N2O3S/c18-15-6-5-13(10-16(15)19)12-25(23,24)21-9-3-4-14(11-21)17(22)20-7-1-2-8-20/h5-6,10,14H,1-4,7-9,11-12H2/t14-/m1/s1. The highest BCUT2D eigenvalue weighted by Crippen LogP contribution is 2.27. The molecule has 0 spiro atoms. The van der Waals surface area contributed by atoms with Crippen LogP contribution in [0.15, 0.2) is 18.2 Å². The molecule has 5 nitrogen and oxygen atoms in total. The number of carbonyl (C=O) groups is 1. The van der Waals surface area contributed by atoms with Crippen LogP contribution in [0, 0.1) is 5.92 Å². The number of hydrogen-bond acceptors (Lipinski definition) is 3. The first-order valence-corrected chi connectivity index (χ1v) is 10.9. The predicted molar refractivity (Wildman–Crippen MR) is 99.2 cm³/mol. The second-order valence-corrected chi connectivity index (χ2v) is 9.52. The molecule has 0 aliphatic carbocycles. The van der Waals surface area contributed by atoms with E-state index in [-0.39, 0.29) is 24.1 Å². The van der Waals surface area contributed by atoms with Crippen molar-refractivity contribution in [3.05, 3.63) is 33.8 Å². The molecular weight excluding hydrogens is 383 g/mol. The zero-order valence-corrected chi connectivity index (χ0v) is 16.3. The molecular formula is C17H22Cl2N2O3S. The molecule has 8 heteroatoms. The molecule has 1 atom stereocenters. The smallest absolute Gasteiger partial charge is 0.227 e. The molecule has 0 aromatic heterocycles. The lowest BCUT2D eigenvalue weighted by Gasteiger charge is -2.33. The normalized spacial score (nSPS) is 22.3. The van der Waals surface area contributed by atoms with Crippen molar-refractivity contribution >= 4 is 39.1 Å². The van der Waals surface area contributed by atoms with Crippen LogP contribution in [0.4, 0.5) is 0 Å². The van der Waals surface area contributed by atoms with Crippen molar-refractivity contribution in [3.8, 4) is 0 Å². The number of piperidine rings is 1. The van der Waals surface area contributed by atoms with Crippen LogP contribution in [-0.2, 0) is 20.6 Å². The Labute approximate surface area is 158 Å². The molecule has 0 unspecified atom stereocenters. The fourth-order valence-corrected chi connectivity index (χ4v) is 5.44. The van der Waals surface area contributed by atoms with Crippen LogP contribution < -0.4 is 0 Å². The number of amides is 1. The summed E-state index contributed by atoms with van der Waals surface area (Å²) in [5.74, 6) is -0.253. The van der Waals surface area contributed by atoms with Gasteiger partial charge in [-0.2, -0.15) is 0 Å². The van der Waals surface area contributed by atoms with Gasteiger partial charge in [0.2, 0.25) is 15.9 Å². The molecule has 0 saturated carbocycles. The van der Waals surface area contributed by atoms with Gasteiger partial charge >= 0.3 is 0 Å². The molecule has 138 valence electrons. The third-order valence-electron chi connectivity index (χ3n) is 4.88. The van der Waals surface area contributed by atoms with Crippen LogP contribution in [0.3, 0.4) is 0 Å². The summed E-state index contributed by atoms with van der Waals surface area (Å²) < 4.78 is 27.0. The first-order chi connectivity index (χ1) is 11.9. The summed E-state index contributed by atoms with van der Waals surface area (Å²) in [6.07, 6.45) is 3.55. The van der Waals surface area contributed by atoms with Crippen molar-refractivity contribution in [1.29, 1.82) is 0 Å². The zero-order chi connectivity index (χ0) is 18.0. The van der Waals surface area contributed by atoms with Gasteiger partial charge in [0.25, 0.3) is 0 Å². The number of likely N-dealkylation sites (tertiary alicyclic amines) is 1. The van der Waals surface area contributed by atoms with Gasteiger partial charge in [0.05, 0.1) is 21.7 Å². The molecule has 1 amide bonds. The van der Waals surface area contributed by atoms with E-state index in [0.717, 1.165) is 32.4 Å². The van der Waals surface area contributed by atoms with E-state index in [1.807, 2.05) is 4.90 Å². The minimum Gasteiger partial charge on any atom is -0.342 e. The van der Waals surface area contributed by atoms with Gasteiger partial charge in [-0.05, 0) is 43.4 Å². The van der Waals surface area contributed by atoms with Gasteiger partial charge in [-0.1, -0.05) is 29.3 Å². The van der Waals surface area contributed by atoms with Crippen LogP contribution in [0.1, 0.15) is 31.2 Å². The van der Waals surface area contributed by atoms with E-state index in [0.29, 0.717) is 28.6 Å². The van der Waals surface area contributed by atoms with Gasteiger partial charge in [0, 0.05) is 26.2 Å². The van der Waals surface area contributed by atoms with E-state index in [1.54, 1.807) is 18.2 Å². The summed E-state index contributed by atoms with van der Waals surface area (Å²) in [6, 6.07) is 4.85. The van der Waals surface area contributed by atoms with Gasteiger partial charge < -0.3 is 4.90 Å². The van der Waals surface area contributed by atoms with Gasteiger partial charge in [-0.15, -0.1) is 0 Å². The van der Waals surface area contributed by atoms with Crippen LogP contribution in [-0.4, -0.2) is 49.7 Å². The Morgan fingerprint density at radius 3 is 2.48 bits per heavy atom. The lowest BCUT2D eigenvalue weighted by molar-refractivity contribution is -0.135. The number of sulfonamides is 1. The minimum absolute atomic E-state index is 0.104. The monoisotopic (exact) mass is 404 g/mol. The Bertz CT molecular complexity index is 748. The van der Waals surface area contributed by atoms with Gasteiger partial charge in [-0.25, -0.2) is 12.7 Å². The Morgan fingerprint density at radius 2 is 1.80 bits per heavy atom. The van der Waals surface area contributed by atoms with Crippen molar-refractivity contribution in [2.24, 2.45) is 5.92 Å². The van der Waals surface area contributed by atoms with E-state index in [2.05, 4.69) is 0 Å². The Kier molecular flexibility index (Phi) is 5.93. The third-order valence-corrected chi connectivity index (χ3v) is 7.43. The summed E-state index contributed by atoms with van der Waals surface area (Å²) in [6.45, 7) is 2.34. The molecule has 0 N–H and O–H groups in total. The Hall–Kier alpha value is -0.820. The summed E-state index contributed by atoms with van der Waals surface area (Å²) in [7, 11) is -3.50. The maximum absolute atomic E-state index is 12.8. The van der Waals surface area contributed by atoms with E-state index in [4.69, 9.17) is 23.2 Å². The largest absolute Gasteiger partial charge is 0.342 e. The highest BCUT2D eigenvalue weighted by Gasteiger charge is 2.34. The average Bonchev–Trinajstić information content (AvgIpc) is 3.12. The summed E-state index contributed by atoms with van der Waals surface area (Å²) in [5, 5.41) is 0.743. The van der Waals surface area contributed by atoms with Crippen molar-refractivity contribution < 1.29 is 13.2 Å². The van der Waals surface area contributed by atoms with E-state index in [9.17, 15) is 13.2 Å². The van der Waals surface area contributed by atoms with Gasteiger partial charge in [-0.3, -0.25) is 4.79 Å². The Morgan fingerprint density at radius 1 is 1.08 bits per heavy atom. The SMILES string of the molecule is O=C([C@@H]1CCCN(S(=O)(=O)Cc2ccc(Cl)c(Cl)c2)C1)N1CCCC1. The number of halogens is 2. The maximum atomic E-state index is 12.8. The van der Waals surface area contributed by atoms with Crippen LogP contribution >= 0.6 is 23.2 Å². The third kappa shape index (κ3) is 4.48. The second kappa shape index (κ2) is 7.82. The molecule has 2 aliphatic heterocycles. The maximum Gasteiger partial charge on any atom is 0.227 e. The number of hydrogen-bond donors (Lipinski definition) is 0. The molecule has 2 heterocycles. The molecule has 2 saturated heterocycles. The zero-order valence-electron chi connectivity index (χ0n) is 14.0. The molecule has 1 aromatic carbocycles. The lowest BCUT2D eigenvalue weighted by Crippen LogP contribution is -2.46. The van der Waals surface area contributed by atoms with Crippen molar-refractivity contribution in [3.63, 3.8) is 0 Å². The van der Waals surface area contributed by atoms with E-state index >= 15 is 0 Å². The van der Waals surface area contributed by atoms with Crippen molar-refractivity contribution in [2.75, 3.05) is 26.2 Å². The first kappa shape index (κ1) is 19.0. The molecule has 3 rings (SSSR count). The quantitative estimate of drug-likeness (QED) is 0.773. The lowest BCUT2D eigenvalue weighted by atomic mass is 9.98. The number of benzene rings is 1. The highest BCUT2D eigenvalue weighted by molar-refractivity contribution is 7.88. The van der Waals surface area contributed by atoms with E-state index in [1.165, 1.54) is 4.31 Å². The van der Waals surface area contributed by atoms with Crippen LogP contribution in [0.5, 0.6) is 0 Å². The number of carbonyl (C=O) groups excluding carboxylic acids is 1. The van der Waals surface area contributed by atoms with E-state index < -0.39 is 10.0 Å². The number of rotatable bonds is 4. The molecule has 0 radical (unpaired) electrons. The molecule has 25 heavy (non-hydrogen) atoms. The molecule has 0 bridgehead atoms. The predicted octanol–water partition coefficient (Wildman–Crippen LogP) is 3.16. The molecule has 2 fully saturated rings.